The van der Waals surface area contributed by atoms with E-state index in [0.29, 0.717) is 25.8 Å². The van der Waals surface area contributed by atoms with Crippen molar-refractivity contribution in [3.8, 4) is 0 Å². The summed E-state index contributed by atoms with van der Waals surface area (Å²) < 4.78 is 5.88. The Hall–Kier alpha value is -4.44. The first-order valence-electron chi connectivity index (χ1n) is 20.1. The lowest BCUT2D eigenvalue weighted by Crippen LogP contribution is -2.55. The molecule has 0 spiro atoms. The van der Waals surface area contributed by atoms with Crippen molar-refractivity contribution in [1.29, 1.82) is 0 Å². The van der Waals surface area contributed by atoms with Crippen molar-refractivity contribution in [3.63, 3.8) is 0 Å². The topological polar surface area (TPSA) is 252 Å². The zero-order chi connectivity index (χ0) is 42.4. The first kappa shape index (κ1) is 46.9. The number of aliphatic hydroxyl groups excluding tert-OH is 1. The fourth-order valence-corrected chi connectivity index (χ4v) is 6.94. The maximum Gasteiger partial charge on any atom is 0.326 e. The lowest BCUT2D eigenvalue weighted by Gasteiger charge is -2.29. The van der Waals surface area contributed by atoms with Crippen LogP contribution >= 0.6 is 0 Å². The summed E-state index contributed by atoms with van der Waals surface area (Å²) >= 11 is 0. The lowest BCUT2D eigenvalue weighted by molar-refractivity contribution is -0.143. The average molecular weight is 797 g/mol. The Balaban J connectivity index is 1.95. The number of ketones is 2. The monoisotopic (exact) mass is 796 g/mol. The van der Waals surface area contributed by atoms with Crippen LogP contribution in [0.1, 0.15) is 85.6 Å². The Labute approximate surface area is 336 Å². The molecule has 0 saturated carbocycles. The summed E-state index contributed by atoms with van der Waals surface area (Å²) in [6.07, 6.45) is 2.22. The summed E-state index contributed by atoms with van der Waals surface area (Å²) in [6, 6.07) is 4.15. The number of hydrogen-bond acceptors (Lipinski definition) is 11. The van der Waals surface area contributed by atoms with Crippen LogP contribution in [0.3, 0.4) is 0 Å². The SMILES string of the molecule is CC[C@H](C)[C@H](N)C(=O)NCC1=CC(C(=O)C[C@H](NC(=O)[C@H](Cc2ccccc2)NC(=O)[C@@H]2CCCN2)C(=O)O)=C(C(=O)C(C[C@H](O)[C@@H](N)CC(C)C)C(C)C)CO1. The zero-order valence-electron chi connectivity index (χ0n) is 34.2. The summed E-state index contributed by atoms with van der Waals surface area (Å²) in [5.74, 6) is -5.18. The second-order valence-electron chi connectivity index (χ2n) is 16.2. The van der Waals surface area contributed by atoms with Crippen molar-refractivity contribution in [1.82, 2.24) is 21.3 Å². The molecule has 316 valence electrons. The number of carbonyl (C=O) groups is 6. The molecule has 2 aliphatic rings. The molecule has 10 N–H and O–H groups in total. The minimum absolute atomic E-state index is 0.0220. The molecule has 1 fully saturated rings. The minimum atomic E-state index is -1.74. The third-order valence-corrected chi connectivity index (χ3v) is 10.8. The average Bonchev–Trinajstić information content (AvgIpc) is 3.73. The third kappa shape index (κ3) is 14.2. The van der Waals surface area contributed by atoms with Crippen LogP contribution in [-0.2, 0) is 39.9 Å². The van der Waals surface area contributed by atoms with E-state index in [1.54, 1.807) is 30.3 Å². The third-order valence-electron chi connectivity index (χ3n) is 10.8. The lowest BCUT2D eigenvalue weighted by atomic mass is 9.79. The van der Waals surface area contributed by atoms with Gasteiger partial charge in [-0.05, 0) is 61.6 Å². The van der Waals surface area contributed by atoms with E-state index in [4.69, 9.17) is 16.2 Å². The number of amides is 3. The summed E-state index contributed by atoms with van der Waals surface area (Å²) in [5.41, 5.74) is 12.9. The highest BCUT2D eigenvalue weighted by Crippen LogP contribution is 2.29. The van der Waals surface area contributed by atoms with E-state index >= 15 is 0 Å². The van der Waals surface area contributed by atoms with Crippen LogP contribution in [0.5, 0.6) is 0 Å². The number of aliphatic carboxylic acids is 1. The molecule has 2 heterocycles. The maximum absolute atomic E-state index is 14.3. The van der Waals surface area contributed by atoms with Crippen molar-refractivity contribution >= 4 is 35.3 Å². The van der Waals surface area contributed by atoms with E-state index < -0.39 is 83.9 Å². The molecule has 1 unspecified atom stereocenters. The van der Waals surface area contributed by atoms with Gasteiger partial charge in [0.1, 0.15) is 24.4 Å². The molecule has 2 aliphatic heterocycles. The van der Waals surface area contributed by atoms with E-state index in [1.165, 1.54) is 6.08 Å². The molecule has 0 radical (unpaired) electrons. The predicted molar refractivity (Wildman–Crippen MR) is 215 cm³/mol. The van der Waals surface area contributed by atoms with Gasteiger partial charge in [0.25, 0.3) is 0 Å². The highest BCUT2D eigenvalue weighted by Gasteiger charge is 2.36. The smallest absolute Gasteiger partial charge is 0.326 e. The predicted octanol–water partition coefficient (Wildman–Crippen LogP) is 1.66. The molecule has 3 amide bonds. The molecule has 15 nitrogen and oxygen atoms in total. The van der Waals surface area contributed by atoms with Crippen LogP contribution in [0.2, 0.25) is 0 Å². The quantitative estimate of drug-likeness (QED) is 0.0788. The van der Waals surface area contributed by atoms with Gasteiger partial charge in [-0.3, -0.25) is 24.0 Å². The Morgan fingerprint density at radius 2 is 1.63 bits per heavy atom. The Kier molecular flexibility index (Phi) is 18.5. The number of carboxylic acids is 1. The highest BCUT2D eigenvalue weighted by molar-refractivity contribution is 6.10. The Morgan fingerprint density at radius 1 is 0.947 bits per heavy atom. The fourth-order valence-electron chi connectivity index (χ4n) is 6.94. The molecule has 57 heavy (non-hydrogen) atoms. The largest absolute Gasteiger partial charge is 0.491 e. The number of carbonyl (C=O) groups excluding carboxylic acids is 5. The van der Waals surface area contributed by atoms with Gasteiger partial charge in [-0.15, -0.1) is 0 Å². The van der Waals surface area contributed by atoms with E-state index in [2.05, 4.69) is 21.3 Å². The number of aliphatic hydroxyl groups is 1. The molecule has 1 aromatic carbocycles. The summed E-state index contributed by atoms with van der Waals surface area (Å²) in [5, 5.41) is 32.3. The molecular formula is C42H64N6O9. The first-order chi connectivity index (χ1) is 26.9. The van der Waals surface area contributed by atoms with Gasteiger partial charge in [-0.1, -0.05) is 78.3 Å². The second kappa shape index (κ2) is 22.5. The molecule has 15 heteroatoms. The zero-order valence-corrected chi connectivity index (χ0v) is 34.2. The summed E-state index contributed by atoms with van der Waals surface area (Å²) in [7, 11) is 0. The van der Waals surface area contributed by atoms with Crippen LogP contribution in [-0.4, -0.2) is 101 Å². The van der Waals surface area contributed by atoms with E-state index in [0.717, 1.165) is 12.0 Å². The van der Waals surface area contributed by atoms with Crippen LogP contribution < -0.4 is 32.7 Å². The van der Waals surface area contributed by atoms with Crippen LogP contribution in [0, 0.1) is 23.7 Å². The van der Waals surface area contributed by atoms with Gasteiger partial charge in [0.2, 0.25) is 17.7 Å². The van der Waals surface area contributed by atoms with Crippen LogP contribution in [0.4, 0.5) is 0 Å². The van der Waals surface area contributed by atoms with Crippen LogP contribution in [0.25, 0.3) is 0 Å². The molecule has 1 saturated heterocycles. The van der Waals surface area contributed by atoms with Gasteiger partial charge < -0.3 is 47.7 Å². The number of benzene rings is 1. The van der Waals surface area contributed by atoms with Crippen molar-refractivity contribution in [2.45, 2.75) is 123 Å². The number of carboxylic acid groups (broad SMARTS) is 1. The van der Waals surface area contributed by atoms with Crippen LogP contribution in [0.15, 0.2) is 53.3 Å². The van der Waals surface area contributed by atoms with Crippen molar-refractivity contribution < 1.29 is 43.7 Å². The number of ether oxygens (including phenoxy) is 1. The molecule has 8 atom stereocenters. The molecule has 3 rings (SSSR count). The van der Waals surface area contributed by atoms with Crippen molar-refractivity contribution in [2.24, 2.45) is 35.1 Å². The number of Topliss-reactive ketones (excluding diaryl/α,β-unsaturated/α-hetero) is 2. The standard InChI is InChI=1S/C42H64N6O9/c1-7-25(6)37(44)41(54)46-21-27-18-29(30(22-57-27)38(51)28(24(4)5)19-36(50)31(43)16-23(2)3)35(49)20-34(42(55)56)48-40(53)33(17-26-12-9-8-10-13-26)47-39(52)32-14-11-15-45-32/h8-10,12-13,18,23-25,28,31-34,36-37,45,50H,7,11,14-17,19-22,43-44H2,1-6H3,(H,46,54)(H,47,52)(H,48,53)(H,55,56)/t25-,28?,31-,32-,33-,34-,36-,37-/m0/s1. The first-order valence-corrected chi connectivity index (χ1v) is 20.1. The van der Waals surface area contributed by atoms with Crippen molar-refractivity contribution in [2.75, 3.05) is 19.7 Å². The fraction of sp³-hybridized carbons (Fsp3) is 0.619. The van der Waals surface area contributed by atoms with Gasteiger partial charge in [-0.25, -0.2) is 4.79 Å². The normalized spacial score (nSPS) is 19.4. The van der Waals surface area contributed by atoms with E-state index in [9.17, 15) is 39.0 Å². The minimum Gasteiger partial charge on any atom is -0.491 e. The van der Waals surface area contributed by atoms with Gasteiger partial charge in [0, 0.05) is 35.9 Å². The molecule has 0 aromatic heterocycles. The van der Waals surface area contributed by atoms with E-state index in [-0.39, 0.29) is 60.7 Å². The van der Waals surface area contributed by atoms with Crippen molar-refractivity contribution in [3.05, 3.63) is 58.9 Å². The highest BCUT2D eigenvalue weighted by atomic mass is 16.5. The van der Waals surface area contributed by atoms with E-state index in [1.807, 2.05) is 41.5 Å². The summed E-state index contributed by atoms with van der Waals surface area (Å²) in [6.45, 7) is 11.5. The Morgan fingerprint density at radius 3 is 2.21 bits per heavy atom. The summed E-state index contributed by atoms with van der Waals surface area (Å²) in [4.78, 5) is 80.7. The molecule has 1 aromatic rings. The number of nitrogens with one attached hydrogen (secondary N) is 4. The van der Waals surface area contributed by atoms with Gasteiger partial charge in [0.15, 0.2) is 11.6 Å². The second-order valence-corrected chi connectivity index (χ2v) is 16.2. The molecular weight excluding hydrogens is 732 g/mol. The number of allylic oxidation sites excluding steroid dienone is 2. The number of hydrogen-bond donors (Lipinski definition) is 8. The van der Waals surface area contributed by atoms with Gasteiger partial charge >= 0.3 is 5.97 Å². The number of nitrogens with two attached hydrogens (primary N) is 2. The molecule has 0 bridgehead atoms. The molecule has 0 aliphatic carbocycles. The van der Waals surface area contributed by atoms with Gasteiger partial charge in [-0.2, -0.15) is 0 Å². The number of rotatable bonds is 23. The Bertz CT molecular complexity index is 1620. The van der Waals surface area contributed by atoms with Gasteiger partial charge in [0.05, 0.1) is 24.7 Å². The maximum atomic E-state index is 14.3.